The third-order valence-corrected chi connectivity index (χ3v) is 9.23. The SMILES string of the molecule is COc1cccc(S(=O)(=O)N2CCC3(CC2)CN(c2nc(Cc4ccc(F)cc4)ns2)C3)c1. The number of benzene rings is 2. The first-order chi connectivity index (χ1) is 15.9. The number of sulfonamides is 1. The van der Waals surface area contributed by atoms with Crippen LogP contribution in [0.5, 0.6) is 5.75 Å². The summed E-state index contributed by atoms with van der Waals surface area (Å²) in [6.07, 6.45) is 2.23. The van der Waals surface area contributed by atoms with Crippen molar-refractivity contribution in [1.29, 1.82) is 0 Å². The molecule has 1 spiro atoms. The molecule has 174 valence electrons. The minimum Gasteiger partial charge on any atom is -0.497 e. The van der Waals surface area contributed by atoms with Crippen molar-refractivity contribution in [1.82, 2.24) is 13.7 Å². The zero-order valence-corrected chi connectivity index (χ0v) is 19.9. The molecule has 0 unspecified atom stereocenters. The first-order valence-electron chi connectivity index (χ1n) is 10.8. The van der Waals surface area contributed by atoms with Crippen LogP contribution in [0.15, 0.2) is 53.4 Å². The molecule has 2 aliphatic heterocycles. The topological polar surface area (TPSA) is 75.6 Å². The molecule has 10 heteroatoms. The average Bonchev–Trinajstić information content (AvgIpc) is 3.27. The lowest BCUT2D eigenvalue weighted by atomic mass is 9.73. The van der Waals surface area contributed by atoms with Crippen LogP contribution in [0.3, 0.4) is 0 Å². The summed E-state index contributed by atoms with van der Waals surface area (Å²) in [5, 5.41) is 0.893. The van der Waals surface area contributed by atoms with Gasteiger partial charge in [0.15, 0.2) is 0 Å². The summed E-state index contributed by atoms with van der Waals surface area (Å²) in [6, 6.07) is 13.0. The molecule has 7 nitrogen and oxygen atoms in total. The number of nitrogens with zero attached hydrogens (tertiary/aromatic N) is 4. The van der Waals surface area contributed by atoms with Crippen molar-refractivity contribution in [3.63, 3.8) is 0 Å². The fraction of sp³-hybridized carbons (Fsp3) is 0.391. The minimum atomic E-state index is -3.53. The van der Waals surface area contributed by atoms with Gasteiger partial charge >= 0.3 is 0 Å². The van der Waals surface area contributed by atoms with Crippen LogP contribution in [0.1, 0.15) is 24.2 Å². The Morgan fingerprint density at radius 2 is 1.85 bits per heavy atom. The molecule has 33 heavy (non-hydrogen) atoms. The van der Waals surface area contributed by atoms with Gasteiger partial charge in [0.25, 0.3) is 0 Å². The molecule has 0 bridgehead atoms. The van der Waals surface area contributed by atoms with Crippen molar-refractivity contribution in [2.75, 3.05) is 38.2 Å². The second-order valence-corrected chi connectivity index (χ2v) is 11.4. The van der Waals surface area contributed by atoms with Crippen LogP contribution >= 0.6 is 11.5 Å². The fourth-order valence-corrected chi connectivity index (χ4v) is 6.72. The summed E-state index contributed by atoms with van der Waals surface area (Å²) in [7, 11) is -2.00. The first-order valence-corrected chi connectivity index (χ1v) is 13.0. The average molecular weight is 489 g/mol. The van der Waals surface area contributed by atoms with Crippen LogP contribution in [-0.4, -0.2) is 55.4 Å². The number of halogens is 1. The van der Waals surface area contributed by atoms with Crippen molar-refractivity contribution in [3.8, 4) is 5.75 Å². The molecule has 0 saturated carbocycles. The Morgan fingerprint density at radius 1 is 1.12 bits per heavy atom. The van der Waals surface area contributed by atoms with Crippen molar-refractivity contribution in [3.05, 3.63) is 65.7 Å². The molecule has 1 aromatic heterocycles. The lowest BCUT2D eigenvalue weighted by molar-refractivity contribution is 0.114. The predicted octanol–water partition coefficient (Wildman–Crippen LogP) is 3.57. The van der Waals surface area contributed by atoms with Gasteiger partial charge in [0.1, 0.15) is 17.4 Å². The molecule has 3 aromatic rings. The number of anilines is 1. The van der Waals surface area contributed by atoms with Crippen molar-refractivity contribution >= 4 is 26.7 Å². The van der Waals surface area contributed by atoms with Crippen molar-refractivity contribution in [2.24, 2.45) is 5.41 Å². The van der Waals surface area contributed by atoms with Gasteiger partial charge in [0, 0.05) is 55.6 Å². The zero-order chi connectivity index (χ0) is 23.1. The van der Waals surface area contributed by atoms with E-state index in [1.54, 1.807) is 40.7 Å². The number of ether oxygens (including phenoxy) is 1. The highest BCUT2D eigenvalue weighted by molar-refractivity contribution is 7.89. The summed E-state index contributed by atoms with van der Waals surface area (Å²) in [5.74, 6) is 1.02. The zero-order valence-electron chi connectivity index (χ0n) is 18.3. The van der Waals surface area contributed by atoms with Gasteiger partial charge in [-0.25, -0.2) is 17.8 Å². The molecule has 2 fully saturated rings. The molecule has 0 atom stereocenters. The quantitative estimate of drug-likeness (QED) is 0.528. The van der Waals surface area contributed by atoms with Crippen LogP contribution in [0, 0.1) is 11.2 Å². The molecule has 2 aromatic carbocycles. The van der Waals surface area contributed by atoms with E-state index in [0.29, 0.717) is 25.3 Å². The van der Waals surface area contributed by atoms with Crippen LogP contribution in [0.4, 0.5) is 9.52 Å². The van der Waals surface area contributed by atoms with E-state index in [-0.39, 0.29) is 16.1 Å². The monoisotopic (exact) mass is 488 g/mol. The molecule has 2 aliphatic rings. The van der Waals surface area contributed by atoms with E-state index in [9.17, 15) is 12.8 Å². The van der Waals surface area contributed by atoms with Crippen molar-refractivity contribution in [2.45, 2.75) is 24.2 Å². The standard InChI is InChI=1S/C23H25FN4O3S2/c1-31-19-3-2-4-20(14-19)33(29,30)28-11-9-23(10-12-28)15-27(16-23)22-25-21(26-32-22)13-17-5-7-18(24)8-6-17/h2-8,14H,9-13,15-16H2,1H3. The number of methoxy groups -OCH3 is 1. The molecule has 2 saturated heterocycles. The van der Waals surface area contributed by atoms with Gasteiger partial charge in [-0.15, -0.1) is 0 Å². The van der Waals surface area contributed by atoms with Crippen molar-refractivity contribution < 1.29 is 17.5 Å². The largest absolute Gasteiger partial charge is 0.497 e. The van der Waals surface area contributed by atoms with Gasteiger partial charge in [-0.2, -0.15) is 8.68 Å². The number of hydrogen-bond donors (Lipinski definition) is 0. The second kappa shape index (κ2) is 8.66. The number of aromatic nitrogens is 2. The molecule has 0 amide bonds. The molecule has 0 radical (unpaired) electrons. The molecule has 0 N–H and O–H groups in total. The van der Waals surface area contributed by atoms with E-state index in [4.69, 9.17) is 4.74 Å². The molecular weight excluding hydrogens is 463 g/mol. The van der Waals surface area contributed by atoms with E-state index < -0.39 is 10.0 Å². The summed E-state index contributed by atoms with van der Waals surface area (Å²) >= 11 is 1.38. The van der Waals surface area contributed by atoms with Gasteiger partial charge in [0.2, 0.25) is 15.2 Å². The summed E-state index contributed by atoms with van der Waals surface area (Å²) in [6.45, 7) is 2.76. The van der Waals surface area contributed by atoms with Crippen LogP contribution in [0.2, 0.25) is 0 Å². The third kappa shape index (κ3) is 4.47. The maximum absolute atomic E-state index is 13.1. The Balaban J connectivity index is 1.17. The summed E-state index contributed by atoms with van der Waals surface area (Å²) < 4.78 is 50.4. The van der Waals surface area contributed by atoms with E-state index >= 15 is 0 Å². The Bertz CT molecular complexity index is 1230. The van der Waals surface area contributed by atoms with Gasteiger partial charge in [-0.05, 0) is 42.7 Å². The fourth-order valence-electron chi connectivity index (χ4n) is 4.56. The molecule has 0 aliphatic carbocycles. The summed E-state index contributed by atoms with van der Waals surface area (Å²) in [5.41, 5.74) is 1.11. The van der Waals surface area contributed by atoms with Gasteiger partial charge in [-0.1, -0.05) is 18.2 Å². The molecule has 5 rings (SSSR count). The Hall–Kier alpha value is -2.56. The number of rotatable bonds is 6. The summed E-state index contributed by atoms with van der Waals surface area (Å²) in [4.78, 5) is 7.15. The number of hydrogen-bond acceptors (Lipinski definition) is 7. The van der Waals surface area contributed by atoms with Crippen LogP contribution in [0.25, 0.3) is 0 Å². The van der Waals surface area contributed by atoms with Crippen LogP contribution < -0.4 is 9.64 Å². The Labute approximate surface area is 197 Å². The maximum atomic E-state index is 13.1. The van der Waals surface area contributed by atoms with Crippen LogP contribution in [-0.2, 0) is 16.4 Å². The van der Waals surface area contributed by atoms with E-state index in [1.807, 2.05) is 0 Å². The van der Waals surface area contributed by atoms with Gasteiger partial charge in [-0.3, -0.25) is 0 Å². The highest BCUT2D eigenvalue weighted by atomic mass is 32.2. The lowest BCUT2D eigenvalue weighted by Crippen LogP contribution is -2.61. The predicted molar refractivity (Wildman–Crippen MR) is 125 cm³/mol. The van der Waals surface area contributed by atoms with E-state index in [2.05, 4.69) is 14.3 Å². The second-order valence-electron chi connectivity index (χ2n) is 8.74. The van der Waals surface area contributed by atoms with E-state index in [1.165, 1.54) is 30.8 Å². The number of piperidine rings is 1. The Kier molecular flexibility index (Phi) is 5.84. The molecule has 3 heterocycles. The normalized spacial score (nSPS) is 18.3. The highest BCUT2D eigenvalue weighted by Crippen LogP contribution is 2.44. The minimum absolute atomic E-state index is 0.128. The Morgan fingerprint density at radius 3 is 2.55 bits per heavy atom. The first kappa shape index (κ1) is 22.2. The highest BCUT2D eigenvalue weighted by Gasteiger charge is 2.47. The molecular formula is C23H25FN4O3S2. The third-order valence-electron chi connectivity index (χ3n) is 6.52. The maximum Gasteiger partial charge on any atom is 0.243 e. The smallest absolute Gasteiger partial charge is 0.243 e. The van der Waals surface area contributed by atoms with Gasteiger partial charge in [0.05, 0.1) is 12.0 Å². The van der Waals surface area contributed by atoms with E-state index in [0.717, 1.165) is 42.5 Å². The van der Waals surface area contributed by atoms with Gasteiger partial charge < -0.3 is 9.64 Å². The lowest BCUT2D eigenvalue weighted by Gasteiger charge is -2.53.